The number of aromatic nitrogens is 1. The van der Waals surface area contributed by atoms with Crippen molar-refractivity contribution in [1.82, 2.24) is 10.3 Å². The Morgan fingerprint density at radius 1 is 1.04 bits per heavy atom. The number of carbonyl (C=O) groups excluding carboxylic acids is 2. The summed E-state index contributed by atoms with van der Waals surface area (Å²) in [5.41, 5.74) is 1.93. The molecule has 1 aromatic heterocycles. The topological polar surface area (TPSA) is 80.3 Å². The van der Waals surface area contributed by atoms with Gasteiger partial charge in [-0.1, -0.05) is 30.3 Å². The number of nitrogens with zero attached hydrogens (tertiary/aromatic N) is 1. The molecule has 0 saturated carbocycles. The minimum Gasteiger partial charge on any atom is -0.456 e. The van der Waals surface area contributed by atoms with Crippen LogP contribution in [0, 0.1) is 0 Å². The van der Waals surface area contributed by atoms with Gasteiger partial charge in [-0.2, -0.15) is 0 Å². The molecule has 2 aromatic carbocycles. The molecule has 0 radical (unpaired) electrons. The van der Waals surface area contributed by atoms with E-state index in [0.717, 1.165) is 12.0 Å². The van der Waals surface area contributed by atoms with Crippen molar-refractivity contribution in [3.63, 3.8) is 0 Å². The molecule has 2 amide bonds. The third-order valence-electron chi connectivity index (χ3n) is 4.49. The highest BCUT2D eigenvalue weighted by atomic mass is 16.5. The number of benzene rings is 2. The van der Waals surface area contributed by atoms with Crippen LogP contribution in [0.25, 0.3) is 0 Å². The Morgan fingerprint density at radius 3 is 2.61 bits per heavy atom. The van der Waals surface area contributed by atoms with E-state index < -0.39 is 0 Å². The highest BCUT2D eigenvalue weighted by Crippen LogP contribution is 2.26. The number of hydrogen-bond donors (Lipinski definition) is 2. The number of para-hydroxylation sites is 1. The van der Waals surface area contributed by atoms with Gasteiger partial charge in [-0.3, -0.25) is 9.59 Å². The molecule has 6 heteroatoms. The lowest BCUT2D eigenvalue weighted by Gasteiger charge is -2.12. The summed E-state index contributed by atoms with van der Waals surface area (Å²) >= 11 is 0. The first kappa shape index (κ1) is 17.7. The van der Waals surface area contributed by atoms with E-state index in [1.54, 1.807) is 12.1 Å². The van der Waals surface area contributed by atoms with Gasteiger partial charge < -0.3 is 15.4 Å². The van der Waals surface area contributed by atoms with Gasteiger partial charge in [-0.15, -0.1) is 0 Å². The number of nitrogens with one attached hydrogen (secondary N) is 2. The highest BCUT2D eigenvalue weighted by Gasteiger charge is 2.22. The normalized spacial score (nSPS) is 15.7. The average molecular weight is 373 g/mol. The fourth-order valence-electron chi connectivity index (χ4n) is 3.09. The lowest BCUT2D eigenvalue weighted by atomic mass is 10.0. The molecule has 1 unspecified atom stereocenters. The zero-order valence-corrected chi connectivity index (χ0v) is 15.1. The van der Waals surface area contributed by atoms with Gasteiger partial charge in [-0.05, 0) is 48.4 Å². The summed E-state index contributed by atoms with van der Waals surface area (Å²) in [6.45, 7) is 0. The smallest absolute Gasteiger partial charge is 0.274 e. The molecule has 0 bridgehead atoms. The number of anilines is 1. The fraction of sp³-hybridized carbons (Fsp3) is 0.136. The molecule has 4 rings (SSSR count). The van der Waals surface area contributed by atoms with E-state index in [0.29, 0.717) is 29.3 Å². The highest BCUT2D eigenvalue weighted by molar-refractivity contribution is 6.02. The minimum atomic E-state index is -0.307. The van der Waals surface area contributed by atoms with Crippen molar-refractivity contribution in [3.8, 4) is 11.5 Å². The standard InChI is InChI=1S/C22H19N3O3/c26-21-12-11-19(25-21)15-5-4-6-16(13-15)24-22(27)20-10-9-18(14-23-20)28-17-7-2-1-3-8-17/h1-10,13-14,19H,11-12H2,(H,24,27)(H,25,26). The summed E-state index contributed by atoms with van der Waals surface area (Å²) < 4.78 is 5.68. The molecule has 2 heterocycles. The van der Waals surface area contributed by atoms with Crippen LogP contribution < -0.4 is 15.4 Å². The van der Waals surface area contributed by atoms with Crippen LogP contribution in [0.2, 0.25) is 0 Å². The second kappa shape index (κ2) is 7.92. The van der Waals surface area contributed by atoms with Crippen molar-refractivity contribution in [2.24, 2.45) is 0 Å². The molecule has 0 spiro atoms. The number of ether oxygens (including phenoxy) is 1. The van der Waals surface area contributed by atoms with E-state index in [-0.39, 0.29) is 17.9 Å². The van der Waals surface area contributed by atoms with Crippen molar-refractivity contribution in [2.75, 3.05) is 5.32 Å². The third-order valence-corrected chi connectivity index (χ3v) is 4.49. The predicted octanol–water partition coefficient (Wildman–Crippen LogP) is 4.08. The Labute approximate surface area is 162 Å². The Bertz CT molecular complexity index is 987. The van der Waals surface area contributed by atoms with Crippen LogP contribution in [-0.2, 0) is 4.79 Å². The molecular formula is C22H19N3O3. The van der Waals surface area contributed by atoms with Crippen LogP contribution in [0.1, 0.15) is 34.9 Å². The van der Waals surface area contributed by atoms with Crippen LogP contribution >= 0.6 is 0 Å². The van der Waals surface area contributed by atoms with Crippen molar-refractivity contribution in [2.45, 2.75) is 18.9 Å². The number of amides is 2. The second-order valence-electron chi connectivity index (χ2n) is 6.53. The Kier molecular flexibility index (Phi) is 5.01. The van der Waals surface area contributed by atoms with Crippen LogP contribution in [0.3, 0.4) is 0 Å². The molecule has 140 valence electrons. The Hall–Kier alpha value is -3.67. The summed E-state index contributed by atoms with van der Waals surface area (Å²) in [6.07, 6.45) is 2.82. The molecular weight excluding hydrogens is 354 g/mol. The maximum Gasteiger partial charge on any atom is 0.274 e. The molecule has 28 heavy (non-hydrogen) atoms. The molecule has 1 atom stereocenters. The largest absolute Gasteiger partial charge is 0.456 e. The number of hydrogen-bond acceptors (Lipinski definition) is 4. The zero-order valence-electron chi connectivity index (χ0n) is 15.1. The summed E-state index contributed by atoms with van der Waals surface area (Å²) in [5.74, 6) is 1.01. The van der Waals surface area contributed by atoms with E-state index >= 15 is 0 Å². The van der Waals surface area contributed by atoms with Gasteiger partial charge in [0.25, 0.3) is 5.91 Å². The summed E-state index contributed by atoms with van der Waals surface area (Å²) in [7, 11) is 0. The van der Waals surface area contributed by atoms with Crippen molar-refractivity contribution in [3.05, 3.63) is 84.2 Å². The maximum atomic E-state index is 12.5. The SMILES string of the molecule is O=C1CCC(c2cccc(NC(=O)c3ccc(Oc4ccccc4)cn3)c2)N1. The Balaban J connectivity index is 1.41. The molecule has 1 fully saturated rings. The van der Waals surface area contributed by atoms with Crippen molar-refractivity contribution >= 4 is 17.5 Å². The molecule has 0 aliphatic carbocycles. The van der Waals surface area contributed by atoms with Gasteiger partial charge in [0.2, 0.25) is 5.91 Å². The number of rotatable bonds is 5. The maximum absolute atomic E-state index is 12.5. The quantitative estimate of drug-likeness (QED) is 0.706. The van der Waals surface area contributed by atoms with Crippen molar-refractivity contribution < 1.29 is 14.3 Å². The van der Waals surface area contributed by atoms with Crippen LogP contribution in [0.4, 0.5) is 5.69 Å². The van der Waals surface area contributed by atoms with Gasteiger partial charge >= 0.3 is 0 Å². The summed E-state index contributed by atoms with van der Waals surface area (Å²) in [6, 6.07) is 20.2. The first-order valence-electron chi connectivity index (χ1n) is 9.07. The third kappa shape index (κ3) is 4.17. The average Bonchev–Trinajstić information content (AvgIpc) is 3.16. The summed E-state index contributed by atoms with van der Waals surface area (Å²) in [5, 5.41) is 5.78. The Morgan fingerprint density at radius 2 is 1.89 bits per heavy atom. The lowest BCUT2D eigenvalue weighted by molar-refractivity contribution is -0.119. The van der Waals surface area contributed by atoms with Gasteiger partial charge in [0.05, 0.1) is 12.2 Å². The molecule has 6 nitrogen and oxygen atoms in total. The minimum absolute atomic E-state index is 0.00287. The molecule has 3 aromatic rings. The van der Waals surface area contributed by atoms with E-state index in [1.165, 1.54) is 6.20 Å². The first-order valence-corrected chi connectivity index (χ1v) is 9.07. The second-order valence-corrected chi connectivity index (χ2v) is 6.53. The van der Waals surface area contributed by atoms with E-state index in [4.69, 9.17) is 4.74 Å². The molecule has 1 aliphatic heterocycles. The van der Waals surface area contributed by atoms with Crippen LogP contribution in [0.5, 0.6) is 11.5 Å². The van der Waals surface area contributed by atoms with Gasteiger partial charge in [0.1, 0.15) is 17.2 Å². The van der Waals surface area contributed by atoms with E-state index in [1.807, 2.05) is 54.6 Å². The molecule has 1 aliphatic rings. The first-order chi connectivity index (χ1) is 13.7. The molecule has 1 saturated heterocycles. The number of pyridine rings is 1. The van der Waals surface area contributed by atoms with Crippen LogP contribution in [-0.4, -0.2) is 16.8 Å². The summed E-state index contributed by atoms with van der Waals surface area (Å²) in [4.78, 5) is 28.1. The van der Waals surface area contributed by atoms with Gasteiger partial charge in [0.15, 0.2) is 0 Å². The zero-order chi connectivity index (χ0) is 19.3. The predicted molar refractivity (Wildman–Crippen MR) is 105 cm³/mol. The van der Waals surface area contributed by atoms with E-state index in [9.17, 15) is 9.59 Å². The van der Waals surface area contributed by atoms with Gasteiger partial charge in [-0.25, -0.2) is 4.98 Å². The van der Waals surface area contributed by atoms with Crippen molar-refractivity contribution in [1.29, 1.82) is 0 Å². The molecule has 2 N–H and O–H groups in total. The van der Waals surface area contributed by atoms with Crippen LogP contribution in [0.15, 0.2) is 72.9 Å². The van der Waals surface area contributed by atoms with E-state index in [2.05, 4.69) is 15.6 Å². The number of carbonyl (C=O) groups is 2. The lowest BCUT2D eigenvalue weighted by Crippen LogP contribution is -2.18. The fourth-order valence-corrected chi connectivity index (χ4v) is 3.09. The monoisotopic (exact) mass is 373 g/mol. The van der Waals surface area contributed by atoms with Gasteiger partial charge in [0, 0.05) is 12.1 Å².